The van der Waals surface area contributed by atoms with Gasteiger partial charge < -0.3 is 10.6 Å². The first kappa shape index (κ1) is 13.8. The number of piperidine rings is 1. The molecule has 94 valence electrons. The van der Waals surface area contributed by atoms with Crippen LogP contribution in [0.15, 0.2) is 0 Å². The Bertz CT molecular complexity index is 238. The lowest BCUT2D eigenvalue weighted by Gasteiger charge is -2.30. The van der Waals surface area contributed by atoms with Crippen LogP contribution in [0.3, 0.4) is 0 Å². The molecule has 1 rings (SSSR count). The van der Waals surface area contributed by atoms with Crippen LogP contribution in [-0.4, -0.2) is 35.5 Å². The molecule has 1 fully saturated rings. The van der Waals surface area contributed by atoms with E-state index in [4.69, 9.17) is 0 Å². The summed E-state index contributed by atoms with van der Waals surface area (Å²) in [7, 11) is 0. The Labute approximate surface area is 103 Å². The Morgan fingerprint density at radius 1 is 1.50 bits per heavy atom. The van der Waals surface area contributed by atoms with Gasteiger partial charge in [-0.05, 0) is 18.9 Å². The number of carbonyl (C=O) groups is 1. The van der Waals surface area contributed by atoms with Crippen LogP contribution in [0.25, 0.3) is 0 Å². The molecule has 1 aliphatic heterocycles. The highest BCUT2D eigenvalue weighted by Crippen LogP contribution is 2.22. The van der Waals surface area contributed by atoms with Crippen molar-refractivity contribution in [3.8, 4) is 0 Å². The Kier molecular flexibility index (Phi) is 5.12. The van der Waals surface area contributed by atoms with E-state index < -0.39 is 0 Å². The van der Waals surface area contributed by atoms with Gasteiger partial charge in [-0.25, -0.2) is 0 Å². The van der Waals surface area contributed by atoms with E-state index in [2.05, 4.69) is 38.3 Å². The zero-order valence-corrected chi connectivity index (χ0v) is 11.6. The standard InChI is InChI=1S/C12H24N2OS/c1-9-5-6-13-7-10(9)14-11(15)8-16-12(2,3)4/h9-10,13H,5-8H2,1-4H3,(H,14,15). The predicted octanol–water partition coefficient (Wildman–Crippen LogP) is 1.63. The number of hydrogen-bond acceptors (Lipinski definition) is 3. The average molecular weight is 244 g/mol. The number of carbonyl (C=O) groups excluding carboxylic acids is 1. The normalized spacial score (nSPS) is 26.5. The van der Waals surface area contributed by atoms with Crippen LogP contribution in [0.5, 0.6) is 0 Å². The van der Waals surface area contributed by atoms with Gasteiger partial charge in [0.1, 0.15) is 0 Å². The minimum atomic E-state index is 0.160. The Morgan fingerprint density at radius 3 is 2.75 bits per heavy atom. The largest absolute Gasteiger partial charge is 0.351 e. The summed E-state index contributed by atoms with van der Waals surface area (Å²) in [6.45, 7) is 10.6. The molecular formula is C12H24N2OS. The summed E-state index contributed by atoms with van der Waals surface area (Å²) >= 11 is 1.70. The molecule has 4 heteroatoms. The van der Waals surface area contributed by atoms with Crippen LogP contribution in [0, 0.1) is 5.92 Å². The average Bonchev–Trinajstić information content (AvgIpc) is 2.18. The van der Waals surface area contributed by atoms with Crippen LogP contribution in [0.2, 0.25) is 0 Å². The number of hydrogen-bond donors (Lipinski definition) is 2. The van der Waals surface area contributed by atoms with Gasteiger partial charge in [-0.3, -0.25) is 4.79 Å². The fourth-order valence-electron chi connectivity index (χ4n) is 1.71. The van der Waals surface area contributed by atoms with E-state index in [1.807, 2.05) is 0 Å². The van der Waals surface area contributed by atoms with Gasteiger partial charge in [0.15, 0.2) is 0 Å². The van der Waals surface area contributed by atoms with Gasteiger partial charge in [0, 0.05) is 17.3 Å². The van der Waals surface area contributed by atoms with Gasteiger partial charge in [-0.1, -0.05) is 27.7 Å². The molecule has 1 aliphatic rings. The van der Waals surface area contributed by atoms with E-state index in [-0.39, 0.29) is 10.7 Å². The summed E-state index contributed by atoms with van der Waals surface area (Å²) in [6.07, 6.45) is 1.15. The summed E-state index contributed by atoms with van der Waals surface area (Å²) in [6, 6.07) is 0.307. The van der Waals surface area contributed by atoms with Gasteiger partial charge >= 0.3 is 0 Å². The van der Waals surface area contributed by atoms with Crippen molar-refractivity contribution in [2.24, 2.45) is 5.92 Å². The van der Waals surface area contributed by atoms with Gasteiger partial charge in [-0.15, -0.1) is 11.8 Å². The van der Waals surface area contributed by atoms with Crippen molar-refractivity contribution < 1.29 is 4.79 Å². The molecule has 0 aromatic heterocycles. The number of rotatable bonds is 3. The number of nitrogens with one attached hydrogen (secondary N) is 2. The molecule has 0 radical (unpaired) electrons. The molecule has 2 N–H and O–H groups in total. The van der Waals surface area contributed by atoms with Crippen LogP contribution in [-0.2, 0) is 4.79 Å². The van der Waals surface area contributed by atoms with Crippen LogP contribution >= 0.6 is 11.8 Å². The first-order chi connectivity index (χ1) is 7.38. The molecule has 0 aromatic carbocycles. The van der Waals surface area contributed by atoms with Gasteiger partial charge in [0.05, 0.1) is 5.75 Å². The Balaban J connectivity index is 2.28. The molecule has 0 bridgehead atoms. The van der Waals surface area contributed by atoms with Gasteiger partial charge in [-0.2, -0.15) is 0 Å². The highest BCUT2D eigenvalue weighted by atomic mass is 32.2. The van der Waals surface area contributed by atoms with Gasteiger partial charge in [0.25, 0.3) is 0 Å². The van der Waals surface area contributed by atoms with Crippen molar-refractivity contribution in [3.63, 3.8) is 0 Å². The third-order valence-electron chi connectivity index (χ3n) is 2.81. The lowest BCUT2D eigenvalue weighted by Crippen LogP contribution is -2.50. The maximum Gasteiger partial charge on any atom is 0.230 e. The molecule has 2 atom stereocenters. The van der Waals surface area contributed by atoms with Crippen molar-refractivity contribution in [2.75, 3.05) is 18.8 Å². The first-order valence-electron chi connectivity index (χ1n) is 6.02. The quantitative estimate of drug-likeness (QED) is 0.793. The Morgan fingerprint density at radius 2 is 2.19 bits per heavy atom. The second-order valence-electron chi connectivity index (χ2n) is 5.55. The molecule has 1 heterocycles. The molecule has 1 saturated heterocycles. The first-order valence-corrected chi connectivity index (χ1v) is 7.01. The molecular weight excluding hydrogens is 220 g/mol. The lowest BCUT2D eigenvalue weighted by molar-refractivity contribution is -0.119. The fourth-order valence-corrected chi connectivity index (χ4v) is 2.36. The van der Waals surface area contributed by atoms with E-state index in [1.54, 1.807) is 11.8 Å². The van der Waals surface area contributed by atoms with E-state index >= 15 is 0 Å². The fraction of sp³-hybridized carbons (Fsp3) is 0.917. The van der Waals surface area contributed by atoms with Gasteiger partial charge in [0.2, 0.25) is 5.91 Å². The second-order valence-corrected chi connectivity index (χ2v) is 7.35. The van der Waals surface area contributed by atoms with Crippen molar-refractivity contribution >= 4 is 17.7 Å². The van der Waals surface area contributed by atoms with Crippen molar-refractivity contribution in [1.29, 1.82) is 0 Å². The summed E-state index contributed by atoms with van der Waals surface area (Å²) in [5.74, 6) is 1.32. The summed E-state index contributed by atoms with van der Waals surface area (Å²) in [5, 5.41) is 6.44. The highest BCUT2D eigenvalue weighted by molar-refractivity contribution is 8.01. The molecule has 3 nitrogen and oxygen atoms in total. The maximum absolute atomic E-state index is 11.7. The van der Waals surface area contributed by atoms with Crippen LogP contribution in [0.4, 0.5) is 0 Å². The molecule has 2 unspecified atom stereocenters. The second kappa shape index (κ2) is 5.92. The monoisotopic (exact) mass is 244 g/mol. The molecule has 0 aliphatic carbocycles. The molecule has 0 spiro atoms. The number of amides is 1. The minimum Gasteiger partial charge on any atom is -0.351 e. The van der Waals surface area contributed by atoms with E-state index in [0.29, 0.717) is 17.7 Å². The molecule has 0 aromatic rings. The topological polar surface area (TPSA) is 41.1 Å². The third-order valence-corrected chi connectivity index (χ3v) is 4.08. The van der Waals surface area contributed by atoms with Crippen molar-refractivity contribution in [3.05, 3.63) is 0 Å². The Hall–Kier alpha value is -0.220. The van der Waals surface area contributed by atoms with Crippen LogP contribution in [0.1, 0.15) is 34.1 Å². The molecule has 16 heavy (non-hydrogen) atoms. The smallest absolute Gasteiger partial charge is 0.230 e. The summed E-state index contributed by atoms with van der Waals surface area (Å²) in [4.78, 5) is 11.7. The summed E-state index contributed by atoms with van der Waals surface area (Å²) < 4.78 is 0.160. The maximum atomic E-state index is 11.7. The highest BCUT2D eigenvalue weighted by Gasteiger charge is 2.23. The lowest BCUT2D eigenvalue weighted by atomic mass is 9.95. The van der Waals surface area contributed by atoms with Crippen molar-refractivity contribution in [2.45, 2.75) is 44.9 Å². The summed E-state index contributed by atoms with van der Waals surface area (Å²) in [5.41, 5.74) is 0. The van der Waals surface area contributed by atoms with E-state index in [9.17, 15) is 4.79 Å². The third kappa shape index (κ3) is 5.21. The zero-order chi connectivity index (χ0) is 12.2. The molecule has 0 saturated carbocycles. The van der Waals surface area contributed by atoms with Crippen molar-refractivity contribution in [1.82, 2.24) is 10.6 Å². The minimum absolute atomic E-state index is 0.160. The zero-order valence-electron chi connectivity index (χ0n) is 10.8. The predicted molar refractivity (Wildman–Crippen MR) is 70.8 cm³/mol. The number of thioether (sulfide) groups is 1. The molecule has 1 amide bonds. The van der Waals surface area contributed by atoms with Crippen LogP contribution < -0.4 is 10.6 Å². The SMILES string of the molecule is CC1CCNCC1NC(=O)CSC(C)(C)C. The van der Waals surface area contributed by atoms with E-state index in [0.717, 1.165) is 19.5 Å². The van der Waals surface area contributed by atoms with E-state index in [1.165, 1.54) is 0 Å².